The van der Waals surface area contributed by atoms with E-state index in [1.165, 1.54) is 0 Å². The number of likely N-dealkylation sites (tertiary alicyclic amines) is 1. The lowest BCUT2D eigenvalue weighted by Crippen LogP contribution is -2.41. The van der Waals surface area contributed by atoms with E-state index in [-0.39, 0.29) is 18.3 Å². The Balaban J connectivity index is 1.39. The van der Waals surface area contributed by atoms with Crippen LogP contribution in [0.4, 0.5) is 4.39 Å². The number of piperidine rings is 1. The average Bonchev–Trinajstić information content (AvgIpc) is 2.91. The summed E-state index contributed by atoms with van der Waals surface area (Å²) in [6, 6.07) is 7.24. The number of halogens is 1. The van der Waals surface area contributed by atoms with Crippen LogP contribution in [0.2, 0.25) is 0 Å². The van der Waals surface area contributed by atoms with Crippen LogP contribution in [0.3, 0.4) is 0 Å². The standard InChI is InChI=1S/C28H31FN4O3/c1-36-23-6-8-27-25(17-23)24(10-12-32-27)26(29)7-4-20-11-16-33(19-21(20)5-9-28(34)35)15-2-3-22-18-30-13-14-31-22/h6,8,10,12-14,17-18,20-21,26H,4-5,7,9,11,15-16,19H2,1H3,(H,34,35)/t20?,21?,26-/m0/s1. The molecule has 1 fully saturated rings. The van der Waals surface area contributed by atoms with Gasteiger partial charge in [0.15, 0.2) is 0 Å². The maximum atomic E-state index is 15.5. The molecule has 8 heteroatoms. The molecule has 0 bridgehead atoms. The highest BCUT2D eigenvalue weighted by atomic mass is 19.1. The summed E-state index contributed by atoms with van der Waals surface area (Å²) >= 11 is 0. The van der Waals surface area contributed by atoms with Gasteiger partial charge in [0.25, 0.3) is 0 Å². The molecule has 0 aliphatic carbocycles. The third kappa shape index (κ3) is 6.76. The fourth-order valence-corrected chi connectivity index (χ4v) is 4.98. The van der Waals surface area contributed by atoms with Crippen LogP contribution in [0.1, 0.15) is 49.5 Å². The number of aromatic nitrogens is 3. The van der Waals surface area contributed by atoms with E-state index in [1.807, 2.05) is 18.2 Å². The first kappa shape index (κ1) is 25.5. The zero-order valence-electron chi connectivity index (χ0n) is 20.4. The minimum Gasteiger partial charge on any atom is -0.497 e. The molecule has 1 N–H and O–H groups in total. The van der Waals surface area contributed by atoms with E-state index in [1.54, 1.807) is 38.0 Å². The highest BCUT2D eigenvalue weighted by molar-refractivity contribution is 5.83. The Morgan fingerprint density at radius 2 is 2.11 bits per heavy atom. The number of hydrogen-bond donors (Lipinski definition) is 1. The Labute approximate surface area is 210 Å². The van der Waals surface area contributed by atoms with Crippen molar-refractivity contribution in [3.8, 4) is 17.6 Å². The number of hydrogen-bond acceptors (Lipinski definition) is 6. The van der Waals surface area contributed by atoms with Gasteiger partial charge in [-0.25, -0.2) is 9.37 Å². The topological polar surface area (TPSA) is 88.4 Å². The number of carboxylic acids is 1. The van der Waals surface area contributed by atoms with Crippen LogP contribution in [0.5, 0.6) is 5.75 Å². The number of pyridine rings is 1. The molecule has 2 unspecified atom stereocenters. The maximum Gasteiger partial charge on any atom is 0.303 e. The van der Waals surface area contributed by atoms with Crippen molar-refractivity contribution in [3.05, 3.63) is 60.3 Å². The molecular formula is C28H31FN4O3. The summed E-state index contributed by atoms with van der Waals surface area (Å²) in [5, 5.41) is 10.0. The van der Waals surface area contributed by atoms with Gasteiger partial charge in [0.05, 0.1) is 25.4 Å². The lowest BCUT2D eigenvalue weighted by molar-refractivity contribution is -0.137. The molecule has 2 aromatic heterocycles. The van der Waals surface area contributed by atoms with E-state index < -0.39 is 12.1 Å². The molecule has 1 aliphatic rings. The van der Waals surface area contributed by atoms with Crippen molar-refractivity contribution in [1.82, 2.24) is 19.9 Å². The quantitative estimate of drug-likeness (QED) is 0.436. The molecule has 0 saturated carbocycles. The molecule has 0 radical (unpaired) electrons. The molecule has 36 heavy (non-hydrogen) atoms. The van der Waals surface area contributed by atoms with Crippen molar-refractivity contribution in [3.63, 3.8) is 0 Å². The summed E-state index contributed by atoms with van der Waals surface area (Å²) in [4.78, 5) is 26.1. The van der Waals surface area contributed by atoms with Crippen LogP contribution in [0, 0.1) is 23.7 Å². The zero-order chi connectivity index (χ0) is 25.3. The summed E-state index contributed by atoms with van der Waals surface area (Å²) in [5.74, 6) is 6.52. The lowest BCUT2D eigenvalue weighted by Gasteiger charge is -2.38. The van der Waals surface area contributed by atoms with E-state index in [0.29, 0.717) is 42.8 Å². The largest absolute Gasteiger partial charge is 0.497 e. The van der Waals surface area contributed by atoms with Crippen molar-refractivity contribution in [2.75, 3.05) is 26.7 Å². The molecule has 4 rings (SSSR count). The van der Waals surface area contributed by atoms with Crippen molar-refractivity contribution < 1.29 is 19.0 Å². The van der Waals surface area contributed by atoms with Gasteiger partial charge in [0, 0.05) is 36.9 Å². The Hall–Kier alpha value is -3.57. The smallest absolute Gasteiger partial charge is 0.303 e. The first-order chi connectivity index (χ1) is 17.5. The van der Waals surface area contributed by atoms with E-state index in [4.69, 9.17) is 4.74 Å². The second kappa shape index (κ2) is 12.4. The SMILES string of the molecule is COc1ccc2nccc([C@@H](F)CCC3CCN(CC#Cc4cnccn4)CC3CCC(=O)O)c2c1. The van der Waals surface area contributed by atoms with E-state index in [0.717, 1.165) is 30.4 Å². The first-order valence-electron chi connectivity index (χ1n) is 12.3. The predicted octanol–water partition coefficient (Wildman–Crippen LogP) is 4.68. The number of benzene rings is 1. The third-order valence-electron chi connectivity index (χ3n) is 6.90. The number of aliphatic carboxylic acids is 1. The molecular weight excluding hydrogens is 459 g/mol. The number of carboxylic acid groups (broad SMARTS) is 1. The van der Waals surface area contributed by atoms with Crippen LogP contribution in [0.15, 0.2) is 49.1 Å². The summed E-state index contributed by atoms with van der Waals surface area (Å²) in [5.41, 5.74) is 1.99. The second-order valence-corrected chi connectivity index (χ2v) is 9.20. The highest BCUT2D eigenvalue weighted by Gasteiger charge is 2.30. The summed E-state index contributed by atoms with van der Waals surface area (Å²) in [7, 11) is 1.59. The number of ether oxygens (including phenoxy) is 1. The minimum atomic E-state index is -1.13. The lowest BCUT2D eigenvalue weighted by atomic mass is 9.79. The Morgan fingerprint density at radius 3 is 2.89 bits per heavy atom. The number of carbonyl (C=O) groups is 1. The molecule has 1 aromatic carbocycles. The molecule has 3 heterocycles. The monoisotopic (exact) mass is 490 g/mol. The molecule has 0 amide bonds. The van der Waals surface area contributed by atoms with Gasteiger partial charge < -0.3 is 9.84 Å². The third-order valence-corrected chi connectivity index (χ3v) is 6.90. The van der Waals surface area contributed by atoms with Gasteiger partial charge in [-0.1, -0.05) is 5.92 Å². The van der Waals surface area contributed by atoms with Crippen LogP contribution in [0.25, 0.3) is 10.9 Å². The molecule has 1 aliphatic heterocycles. The Bertz CT molecular complexity index is 1230. The number of alkyl halides is 1. The summed E-state index contributed by atoms with van der Waals surface area (Å²) in [6.45, 7) is 2.21. The Kier molecular flexibility index (Phi) is 8.80. The second-order valence-electron chi connectivity index (χ2n) is 9.20. The summed E-state index contributed by atoms with van der Waals surface area (Å²) in [6.07, 6.45) is 8.06. The molecule has 3 aromatic rings. The number of fused-ring (bicyclic) bond motifs is 1. The fourth-order valence-electron chi connectivity index (χ4n) is 4.98. The van der Waals surface area contributed by atoms with Gasteiger partial charge in [-0.2, -0.15) is 0 Å². The van der Waals surface area contributed by atoms with Crippen molar-refractivity contribution >= 4 is 16.9 Å². The van der Waals surface area contributed by atoms with Crippen LogP contribution in [-0.4, -0.2) is 57.7 Å². The summed E-state index contributed by atoms with van der Waals surface area (Å²) < 4.78 is 20.8. The van der Waals surface area contributed by atoms with Crippen LogP contribution < -0.4 is 4.74 Å². The van der Waals surface area contributed by atoms with E-state index in [9.17, 15) is 9.90 Å². The molecule has 0 spiro atoms. The molecule has 7 nitrogen and oxygen atoms in total. The van der Waals surface area contributed by atoms with Gasteiger partial charge in [0.2, 0.25) is 0 Å². The van der Waals surface area contributed by atoms with Gasteiger partial charge >= 0.3 is 5.97 Å². The predicted molar refractivity (Wildman–Crippen MR) is 135 cm³/mol. The van der Waals surface area contributed by atoms with Crippen molar-refractivity contribution in [2.24, 2.45) is 11.8 Å². The number of methoxy groups -OCH3 is 1. The molecule has 188 valence electrons. The normalized spacial score (nSPS) is 18.8. The van der Waals surface area contributed by atoms with Gasteiger partial charge in [-0.15, -0.1) is 0 Å². The van der Waals surface area contributed by atoms with E-state index in [2.05, 4.69) is 31.7 Å². The van der Waals surface area contributed by atoms with E-state index >= 15 is 4.39 Å². The van der Waals surface area contributed by atoms with Gasteiger partial charge in [-0.3, -0.25) is 19.7 Å². The van der Waals surface area contributed by atoms with Crippen LogP contribution in [-0.2, 0) is 4.79 Å². The van der Waals surface area contributed by atoms with Crippen molar-refractivity contribution in [2.45, 2.75) is 38.3 Å². The molecule has 3 atom stereocenters. The maximum absolute atomic E-state index is 15.5. The zero-order valence-corrected chi connectivity index (χ0v) is 20.4. The fraction of sp³-hybridized carbons (Fsp3) is 0.429. The Morgan fingerprint density at radius 1 is 1.22 bits per heavy atom. The number of nitrogens with zero attached hydrogens (tertiary/aromatic N) is 4. The minimum absolute atomic E-state index is 0.119. The van der Waals surface area contributed by atoms with Crippen LogP contribution >= 0.6 is 0 Å². The molecule has 1 saturated heterocycles. The number of rotatable bonds is 9. The van der Waals surface area contributed by atoms with Gasteiger partial charge in [-0.05, 0) is 79.8 Å². The van der Waals surface area contributed by atoms with Crippen molar-refractivity contribution in [1.29, 1.82) is 0 Å². The highest BCUT2D eigenvalue weighted by Crippen LogP contribution is 2.36. The average molecular weight is 491 g/mol. The van der Waals surface area contributed by atoms with Gasteiger partial charge in [0.1, 0.15) is 17.6 Å². The first-order valence-corrected chi connectivity index (χ1v) is 12.3.